The molecule has 0 saturated heterocycles. The standard InChI is InChI=1S/C30H42ClN2P/c1-28(2,3)21-18-22(29(4,5)6)27(23(19-21)30(7,8)9)32-34(31)25-17-13-15-20-14-12-16-24(26(20)25)33(10)11/h12-19,32H,1-11H3. The molecule has 3 aromatic rings. The first kappa shape index (κ1) is 26.8. The van der Waals surface area contributed by atoms with E-state index < -0.39 is 7.43 Å². The van der Waals surface area contributed by atoms with E-state index in [1.807, 2.05) is 0 Å². The van der Waals surface area contributed by atoms with Crippen molar-refractivity contribution in [1.82, 2.24) is 0 Å². The third-order valence-electron chi connectivity index (χ3n) is 6.38. The van der Waals surface area contributed by atoms with Gasteiger partial charge in [0.2, 0.25) is 0 Å². The molecule has 0 bridgehead atoms. The minimum absolute atomic E-state index is 0.0236. The summed E-state index contributed by atoms with van der Waals surface area (Å²) in [4.78, 5) is 2.17. The molecule has 34 heavy (non-hydrogen) atoms. The molecule has 3 aromatic carbocycles. The van der Waals surface area contributed by atoms with Gasteiger partial charge in [0.05, 0.1) is 0 Å². The van der Waals surface area contributed by atoms with Crippen molar-refractivity contribution in [3.63, 3.8) is 0 Å². The fourth-order valence-electron chi connectivity index (χ4n) is 4.37. The van der Waals surface area contributed by atoms with Crippen LogP contribution in [0.25, 0.3) is 10.8 Å². The lowest BCUT2D eigenvalue weighted by Gasteiger charge is -2.34. The van der Waals surface area contributed by atoms with Crippen LogP contribution in [0.3, 0.4) is 0 Å². The van der Waals surface area contributed by atoms with Crippen molar-refractivity contribution in [3.05, 3.63) is 65.2 Å². The van der Waals surface area contributed by atoms with Crippen molar-refractivity contribution in [1.29, 1.82) is 0 Å². The second-order valence-electron chi connectivity index (χ2n) is 12.6. The van der Waals surface area contributed by atoms with Gasteiger partial charge in [-0.25, -0.2) is 0 Å². The topological polar surface area (TPSA) is 15.3 Å². The highest BCUT2D eigenvalue weighted by molar-refractivity contribution is 7.91. The largest absolute Gasteiger partial charge is 0.377 e. The van der Waals surface area contributed by atoms with Crippen LogP contribution in [0.2, 0.25) is 0 Å². The molecule has 0 saturated carbocycles. The summed E-state index contributed by atoms with van der Waals surface area (Å²) in [5, 5.41) is 7.46. The molecule has 0 radical (unpaired) electrons. The maximum atomic E-state index is 7.31. The van der Waals surface area contributed by atoms with E-state index in [9.17, 15) is 0 Å². The highest BCUT2D eigenvalue weighted by atomic mass is 35.7. The summed E-state index contributed by atoms with van der Waals surface area (Å²) in [6.45, 7) is 20.7. The van der Waals surface area contributed by atoms with Gasteiger partial charge in [0.15, 0.2) is 0 Å². The fraction of sp³-hybridized carbons (Fsp3) is 0.467. The van der Waals surface area contributed by atoms with Crippen LogP contribution in [0.1, 0.15) is 79.0 Å². The monoisotopic (exact) mass is 496 g/mol. The van der Waals surface area contributed by atoms with Crippen molar-refractivity contribution in [2.45, 2.75) is 78.6 Å². The third-order valence-corrected chi connectivity index (χ3v) is 8.40. The Bertz CT molecular complexity index is 1140. The number of anilines is 2. The highest BCUT2D eigenvalue weighted by Gasteiger charge is 2.30. The third kappa shape index (κ3) is 5.55. The zero-order valence-corrected chi connectivity index (χ0v) is 24.5. The first-order chi connectivity index (χ1) is 15.5. The molecule has 0 amide bonds. The maximum absolute atomic E-state index is 7.31. The lowest BCUT2D eigenvalue weighted by molar-refractivity contribution is 0.551. The molecular formula is C30H42ClN2P. The van der Waals surface area contributed by atoms with Gasteiger partial charge in [-0.3, -0.25) is 0 Å². The van der Waals surface area contributed by atoms with Crippen LogP contribution >= 0.6 is 18.7 Å². The second kappa shape index (κ2) is 9.36. The van der Waals surface area contributed by atoms with Crippen LogP contribution in [0.15, 0.2) is 48.5 Å². The molecule has 0 fully saturated rings. The van der Waals surface area contributed by atoms with Gasteiger partial charge in [0.25, 0.3) is 0 Å². The molecular weight excluding hydrogens is 455 g/mol. The minimum Gasteiger partial charge on any atom is -0.377 e. The predicted octanol–water partition coefficient (Wildman–Crippen LogP) is 9.09. The number of nitrogens with one attached hydrogen (secondary N) is 1. The van der Waals surface area contributed by atoms with Crippen LogP contribution in [0.5, 0.6) is 0 Å². The van der Waals surface area contributed by atoms with Crippen molar-refractivity contribution < 1.29 is 0 Å². The molecule has 0 spiro atoms. The average Bonchev–Trinajstić information content (AvgIpc) is 2.70. The quantitative estimate of drug-likeness (QED) is 0.362. The lowest BCUT2D eigenvalue weighted by atomic mass is 9.74. The zero-order valence-electron chi connectivity index (χ0n) is 22.9. The highest BCUT2D eigenvalue weighted by Crippen LogP contribution is 2.49. The van der Waals surface area contributed by atoms with E-state index in [0.29, 0.717) is 0 Å². The van der Waals surface area contributed by atoms with E-state index in [4.69, 9.17) is 11.2 Å². The summed E-state index contributed by atoms with van der Waals surface area (Å²) in [5.41, 5.74) is 6.42. The van der Waals surface area contributed by atoms with E-state index in [-0.39, 0.29) is 16.2 Å². The molecule has 0 heterocycles. The Morgan fingerprint density at radius 2 is 1.24 bits per heavy atom. The summed E-state index contributed by atoms with van der Waals surface area (Å²) in [7, 11) is 3.03. The molecule has 184 valence electrons. The number of rotatable bonds is 4. The van der Waals surface area contributed by atoms with E-state index in [1.165, 1.54) is 38.8 Å². The van der Waals surface area contributed by atoms with Crippen LogP contribution in [0.4, 0.5) is 11.4 Å². The van der Waals surface area contributed by atoms with Gasteiger partial charge in [0, 0.05) is 36.2 Å². The van der Waals surface area contributed by atoms with Crippen LogP contribution in [-0.4, -0.2) is 14.1 Å². The molecule has 4 heteroatoms. The SMILES string of the molecule is CN(C)c1cccc2cccc(P(Cl)Nc3c(C(C)(C)C)cc(C(C)(C)C)cc3C(C)(C)C)c12. The number of halogens is 1. The Kier molecular flexibility index (Phi) is 7.39. The molecule has 0 aliphatic rings. The van der Waals surface area contributed by atoms with Gasteiger partial charge in [-0.15, -0.1) is 0 Å². The van der Waals surface area contributed by atoms with Gasteiger partial charge in [-0.1, -0.05) is 116 Å². The van der Waals surface area contributed by atoms with Crippen molar-refractivity contribution in [2.75, 3.05) is 24.1 Å². The minimum atomic E-state index is -1.16. The first-order valence-corrected chi connectivity index (χ1v) is 14.4. The Labute approximate surface area is 213 Å². The number of hydrogen-bond acceptors (Lipinski definition) is 2. The first-order valence-electron chi connectivity index (χ1n) is 12.1. The molecule has 1 unspecified atom stereocenters. The molecule has 1 atom stereocenters. The smallest absolute Gasteiger partial charge is 0.119 e. The number of fused-ring (bicyclic) bond motifs is 1. The van der Waals surface area contributed by atoms with Gasteiger partial charge >= 0.3 is 0 Å². The van der Waals surface area contributed by atoms with Crippen LogP contribution < -0.4 is 15.3 Å². The zero-order chi connectivity index (χ0) is 25.6. The van der Waals surface area contributed by atoms with Crippen molar-refractivity contribution in [2.24, 2.45) is 0 Å². The Morgan fingerprint density at radius 1 is 0.735 bits per heavy atom. The molecule has 0 aliphatic carbocycles. The van der Waals surface area contributed by atoms with Gasteiger partial charge in [-0.05, 0) is 44.4 Å². The summed E-state index contributed by atoms with van der Waals surface area (Å²) in [6.07, 6.45) is 0. The summed E-state index contributed by atoms with van der Waals surface area (Å²) in [6, 6.07) is 17.7. The molecule has 2 nitrogen and oxygen atoms in total. The van der Waals surface area contributed by atoms with Crippen molar-refractivity contribution >= 4 is 46.1 Å². The van der Waals surface area contributed by atoms with E-state index >= 15 is 0 Å². The Balaban J connectivity index is 2.26. The second-order valence-corrected chi connectivity index (χ2v) is 14.9. The summed E-state index contributed by atoms with van der Waals surface area (Å²) in [5.74, 6) is 0. The van der Waals surface area contributed by atoms with E-state index in [2.05, 4.69) is 135 Å². The van der Waals surface area contributed by atoms with Gasteiger partial charge < -0.3 is 9.99 Å². The summed E-state index contributed by atoms with van der Waals surface area (Å²) >= 11 is 7.31. The van der Waals surface area contributed by atoms with Crippen LogP contribution in [-0.2, 0) is 16.2 Å². The molecule has 3 rings (SSSR count). The number of nitrogens with zero attached hydrogens (tertiary/aromatic N) is 1. The normalized spacial score (nSPS) is 13.8. The molecule has 0 aromatic heterocycles. The van der Waals surface area contributed by atoms with E-state index in [0.717, 1.165) is 5.30 Å². The number of hydrogen-bond donors (Lipinski definition) is 1. The lowest BCUT2D eigenvalue weighted by Crippen LogP contribution is -2.24. The number of benzene rings is 3. The van der Waals surface area contributed by atoms with Gasteiger partial charge in [-0.2, -0.15) is 0 Å². The Hall–Kier alpha value is -1.76. The molecule has 1 N–H and O–H groups in total. The summed E-state index contributed by atoms with van der Waals surface area (Å²) < 4.78 is 0. The van der Waals surface area contributed by atoms with Crippen LogP contribution in [0, 0.1) is 0 Å². The predicted molar refractivity (Wildman–Crippen MR) is 157 cm³/mol. The average molecular weight is 497 g/mol. The maximum Gasteiger partial charge on any atom is 0.119 e. The van der Waals surface area contributed by atoms with E-state index in [1.54, 1.807) is 0 Å². The molecule has 0 aliphatic heterocycles. The Morgan fingerprint density at radius 3 is 1.68 bits per heavy atom. The van der Waals surface area contributed by atoms with Crippen molar-refractivity contribution in [3.8, 4) is 0 Å². The van der Waals surface area contributed by atoms with Gasteiger partial charge in [0.1, 0.15) is 7.43 Å². The fourth-order valence-corrected chi connectivity index (χ4v) is 6.27.